The van der Waals surface area contributed by atoms with Gasteiger partial charge in [0.25, 0.3) is 10.0 Å². The standard InChI is InChI=1S/C28H32N2O5S/c1-19-8-12-24(13-9-19)30(36(32,33)25-14-15-26(34-3)27(17-25)35-4)18-28(31)29-20(2)22-11-10-21-6-5-7-23(21)16-22/h8-17,20H,5-7,18H2,1-4H3,(H,29,31). The predicted molar refractivity (Wildman–Crippen MR) is 140 cm³/mol. The summed E-state index contributed by atoms with van der Waals surface area (Å²) in [7, 11) is -1.16. The van der Waals surface area contributed by atoms with E-state index in [1.165, 1.54) is 43.5 Å². The van der Waals surface area contributed by atoms with E-state index in [2.05, 4.69) is 17.4 Å². The molecular weight excluding hydrogens is 476 g/mol. The van der Waals surface area contributed by atoms with Crippen LogP contribution in [0.1, 0.15) is 41.6 Å². The average Bonchev–Trinajstić information content (AvgIpc) is 3.35. The maximum absolute atomic E-state index is 13.8. The molecule has 36 heavy (non-hydrogen) atoms. The summed E-state index contributed by atoms with van der Waals surface area (Å²) in [5, 5.41) is 2.97. The van der Waals surface area contributed by atoms with Gasteiger partial charge in [0.15, 0.2) is 11.5 Å². The SMILES string of the molecule is COc1ccc(S(=O)(=O)N(CC(=O)NC(C)c2ccc3c(c2)CCC3)c2ccc(C)cc2)cc1OC. The van der Waals surface area contributed by atoms with Gasteiger partial charge in [0.1, 0.15) is 6.54 Å². The normalized spacial score (nSPS) is 13.6. The van der Waals surface area contributed by atoms with E-state index in [-0.39, 0.29) is 23.2 Å². The summed E-state index contributed by atoms with van der Waals surface area (Å²) in [4.78, 5) is 13.2. The number of carbonyl (C=O) groups is 1. The van der Waals surface area contributed by atoms with Gasteiger partial charge in [-0.15, -0.1) is 0 Å². The van der Waals surface area contributed by atoms with Crippen LogP contribution < -0.4 is 19.1 Å². The summed E-state index contributed by atoms with van der Waals surface area (Å²) in [6.45, 7) is 3.46. The minimum Gasteiger partial charge on any atom is -0.493 e. The molecule has 4 rings (SSSR count). The van der Waals surface area contributed by atoms with Crippen molar-refractivity contribution < 1.29 is 22.7 Å². The highest BCUT2D eigenvalue weighted by Crippen LogP contribution is 2.32. The lowest BCUT2D eigenvalue weighted by Crippen LogP contribution is -2.41. The lowest BCUT2D eigenvalue weighted by molar-refractivity contribution is -0.120. The van der Waals surface area contributed by atoms with Crippen molar-refractivity contribution in [2.24, 2.45) is 0 Å². The fraction of sp³-hybridized carbons (Fsp3) is 0.321. The lowest BCUT2D eigenvalue weighted by Gasteiger charge is -2.25. The Bertz CT molecular complexity index is 1350. The third kappa shape index (κ3) is 5.33. The van der Waals surface area contributed by atoms with Gasteiger partial charge in [-0.3, -0.25) is 9.10 Å². The largest absolute Gasteiger partial charge is 0.493 e. The molecule has 0 heterocycles. The van der Waals surface area contributed by atoms with Gasteiger partial charge in [0, 0.05) is 6.07 Å². The van der Waals surface area contributed by atoms with Crippen molar-refractivity contribution in [3.63, 3.8) is 0 Å². The number of nitrogens with zero attached hydrogens (tertiary/aromatic N) is 1. The average molecular weight is 509 g/mol. The quantitative estimate of drug-likeness (QED) is 0.458. The molecule has 8 heteroatoms. The zero-order chi connectivity index (χ0) is 25.9. The summed E-state index contributed by atoms with van der Waals surface area (Å²) >= 11 is 0. The summed E-state index contributed by atoms with van der Waals surface area (Å²) in [6.07, 6.45) is 3.30. The molecule has 0 spiro atoms. The highest BCUT2D eigenvalue weighted by Gasteiger charge is 2.29. The summed E-state index contributed by atoms with van der Waals surface area (Å²) < 4.78 is 39.2. The Balaban J connectivity index is 1.61. The number of benzene rings is 3. The first-order valence-corrected chi connectivity index (χ1v) is 13.4. The molecule has 3 aromatic carbocycles. The van der Waals surface area contributed by atoms with Gasteiger partial charge in [-0.25, -0.2) is 8.42 Å². The van der Waals surface area contributed by atoms with Gasteiger partial charge in [0.2, 0.25) is 5.91 Å². The molecule has 1 amide bonds. The number of amides is 1. The molecule has 0 saturated carbocycles. The number of ether oxygens (including phenoxy) is 2. The summed E-state index contributed by atoms with van der Waals surface area (Å²) in [5.74, 6) is 0.309. The van der Waals surface area contributed by atoms with Crippen LogP contribution in [0.5, 0.6) is 11.5 Å². The van der Waals surface area contributed by atoms with Crippen LogP contribution in [0, 0.1) is 6.92 Å². The van der Waals surface area contributed by atoms with E-state index in [1.807, 2.05) is 32.0 Å². The second kappa shape index (κ2) is 10.6. The van der Waals surface area contributed by atoms with Gasteiger partial charge in [-0.2, -0.15) is 0 Å². The molecule has 7 nitrogen and oxygen atoms in total. The Morgan fingerprint density at radius 1 is 0.944 bits per heavy atom. The van der Waals surface area contributed by atoms with Crippen LogP contribution in [0.15, 0.2) is 65.6 Å². The van der Waals surface area contributed by atoms with E-state index < -0.39 is 15.9 Å². The molecule has 0 fully saturated rings. The smallest absolute Gasteiger partial charge is 0.264 e. The molecule has 3 aromatic rings. The molecular formula is C28H32N2O5S. The van der Waals surface area contributed by atoms with Crippen molar-refractivity contribution >= 4 is 21.6 Å². The maximum atomic E-state index is 13.8. The van der Waals surface area contributed by atoms with Gasteiger partial charge in [0.05, 0.1) is 30.8 Å². The number of rotatable bonds is 9. The van der Waals surface area contributed by atoms with Crippen molar-refractivity contribution in [1.29, 1.82) is 0 Å². The number of carbonyl (C=O) groups excluding carboxylic acids is 1. The molecule has 1 aliphatic carbocycles. The minimum atomic E-state index is -4.09. The van der Waals surface area contributed by atoms with Gasteiger partial charge in [-0.1, -0.05) is 35.9 Å². The number of hydrogen-bond donors (Lipinski definition) is 1. The molecule has 0 aliphatic heterocycles. The topological polar surface area (TPSA) is 84.9 Å². The molecule has 1 unspecified atom stereocenters. The van der Waals surface area contributed by atoms with Crippen LogP contribution in [-0.4, -0.2) is 35.1 Å². The number of hydrogen-bond acceptors (Lipinski definition) is 5. The van der Waals surface area contributed by atoms with Crippen LogP contribution in [-0.2, 0) is 27.7 Å². The number of anilines is 1. The van der Waals surface area contributed by atoms with Crippen LogP contribution in [0.2, 0.25) is 0 Å². The second-order valence-corrected chi connectivity index (χ2v) is 10.9. The highest BCUT2D eigenvalue weighted by atomic mass is 32.2. The van der Waals surface area contributed by atoms with Crippen molar-refractivity contribution in [2.45, 2.75) is 44.0 Å². The van der Waals surface area contributed by atoms with E-state index in [0.29, 0.717) is 11.4 Å². The van der Waals surface area contributed by atoms with Crippen LogP contribution >= 0.6 is 0 Å². The number of aryl methyl sites for hydroxylation is 3. The zero-order valence-corrected chi connectivity index (χ0v) is 21.9. The molecule has 190 valence electrons. The van der Waals surface area contributed by atoms with E-state index in [9.17, 15) is 13.2 Å². The predicted octanol–water partition coefficient (Wildman–Crippen LogP) is 4.57. The lowest BCUT2D eigenvalue weighted by atomic mass is 10.0. The first kappa shape index (κ1) is 25.6. The Labute approximate surface area is 213 Å². The van der Waals surface area contributed by atoms with E-state index in [0.717, 1.165) is 34.7 Å². The van der Waals surface area contributed by atoms with E-state index in [4.69, 9.17) is 9.47 Å². The fourth-order valence-electron chi connectivity index (χ4n) is 4.49. The van der Waals surface area contributed by atoms with Crippen molar-refractivity contribution in [2.75, 3.05) is 25.1 Å². The first-order chi connectivity index (χ1) is 17.2. The third-order valence-corrected chi connectivity index (χ3v) is 8.32. The summed E-state index contributed by atoms with van der Waals surface area (Å²) in [6, 6.07) is 17.5. The number of sulfonamides is 1. The van der Waals surface area contributed by atoms with Crippen molar-refractivity contribution in [3.8, 4) is 11.5 Å². The maximum Gasteiger partial charge on any atom is 0.264 e. The van der Waals surface area contributed by atoms with Gasteiger partial charge >= 0.3 is 0 Å². The van der Waals surface area contributed by atoms with Gasteiger partial charge in [-0.05, 0) is 74.1 Å². The number of fused-ring (bicyclic) bond motifs is 1. The molecule has 0 aromatic heterocycles. The van der Waals surface area contributed by atoms with Crippen LogP contribution in [0.4, 0.5) is 5.69 Å². The van der Waals surface area contributed by atoms with Crippen LogP contribution in [0.3, 0.4) is 0 Å². The molecule has 1 N–H and O–H groups in total. The fourth-order valence-corrected chi connectivity index (χ4v) is 5.93. The Morgan fingerprint density at radius 3 is 2.33 bits per heavy atom. The second-order valence-electron chi connectivity index (χ2n) is 9.03. The van der Waals surface area contributed by atoms with Crippen molar-refractivity contribution in [1.82, 2.24) is 5.32 Å². The molecule has 0 radical (unpaired) electrons. The molecule has 1 aliphatic rings. The molecule has 0 bridgehead atoms. The van der Waals surface area contributed by atoms with E-state index >= 15 is 0 Å². The molecule has 0 saturated heterocycles. The highest BCUT2D eigenvalue weighted by molar-refractivity contribution is 7.92. The van der Waals surface area contributed by atoms with Crippen molar-refractivity contribution in [3.05, 3.63) is 82.9 Å². The minimum absolute atomic E-state index is 0.000181. The first-order valence-electron chi connectivity index (χ1n) is 12.0. The van der Waals surface area contributed by atoms with Crippen LogP contribution in [0.25, 0.3) is 0 Å². The van der Waals surface area contributed by atoms with Gasteiger partial charge < -0.3 is 14.8 Å². The summed E-state index contributed by atoms with van der Waals surface area (Å²) in [5.41, 5.74) is 5.08. The molecule has 1 atom stereocenters. The Kier molecular flexibility index (Phi) is 7.54. The third-order valence-electron chi connectivity index (χ3n) is 6.55. The number of methoxy groups -OCH3 is 2. The zero-order valence-electron chi connectivity index (χ0n) is 21.1. The monoisotopic (exact) mass is 508 g/mol. The number of nitrogens with one attached hydrogen (secondary N) is 1. The Hall–Kier alpha value is -3.52. The van der Waals surface area contributed by atoms with E-state index in [1.54, 1.807) is 12.1 Å². The Morgan fingerprint density at radius 2 is 1.64 bits per heavy atom.